The van der Waals surface area contributed by atoms with Crippen molar-refractivity contribution in [2.45, 2.75) is 32.7 Å². The van der Waals surface area contributed by atoms with E-state index in [9.17, 15) is 9.18 Å². The number of halogens is 1. The van der Waals surface area contributed by atoms with Crippen LogP contribution in [0.1, 0.15) is 26.3 Å². The molecule has 7 nitrogen and oxygen atoms in total. The Balaban J connectivity index is 1.56. The third-order valence-corrected chi connectivity index (χ3v) is 4.49. The SMILES string of the molecule is CC(C)(C)n1ncc2c(=O)[nH]c(NCCc3c[nH]c4cc(F)ccc34)nc21. The monoisotopic (exact) mass is 368 g/mol. The van der Waals surface area contributed by atoms with Gasteiger partial charge in [-0.05, 0) is 51.0 Å². The average Bonchev–Trinajstić information content (AvgIpc) is 3.19. The number of aromatic nitrogens is 5. The number of hydrogen-bond donors (Lipinski definition) is 3. The molecule has 3 N–H and O–H groups in total. The Kier molecular flexibility index (Phi) is 3.98. The van der Waals surface area contributed by atoms with Gasteiger partial charge in [0.2, 0.25) is 5.95 Å². The topological polar surface area (TPSA) is 91.4 Å². The predicted molar refractivity (Wildman–Crippen MR) is 104 cm³/mol. The Morgan fingerprint density at radius 2 is 2.07 bits per heavy atom. The minimum Gasteiger partial charge on any atom is -0.361 e. The summed E-state index contributed by atoms with van der Waals surface area (Å²) in [5, 5.41) is 8.92. The van der Waals surface area contributed by atoms with Crippen LogP contribution in [0.15, 0.2) is 35.4 Å². The fourth-order valence-corrected chi connectivity index (χ4v) is 3.17. The number of aromatic amines is 2. The molecule has 0 saturated carbocycles. The lowest BCUT2D eigenvalue weighted by molar-refractivity contribution is 0.366. The Labute approximate surface area is 154 Å². The van der Waals surface area contributed by atoms with Gasteiger partial charge in [-0.3, -0.25) is 9.78 Å². The first-order valence-electron chi connectivity index (χ1n) is 8.81. The van der Waals surface area contributed by atoms with Crippen molar-refractivity contribution in [1.29, 1.82) is 0 Å². The normalized spacial score (nSPS) is 12.1. The van der Waals surface area contributed by atoms with Gasteiger partial charge in [-0.1, -0.05) is 0 Å². The molecule has 4 aromatic rings. The quantitative estimate of drug-likeness (QED) is 0.516. The van der Waals surface area contributed by atoms with E-state index < -0.39 is 0 Å². The molecule has 0 unspecified atom stereocenters. The molecule has 140 valence electrons. The second kappa shape index (κ2) is 6.22. The molecule has 27 heavy (non-hydrogen) atoms. The van der Waals surface area contributed by atoms with Crippen LogP contribution in [0.5, 0.6) is 0 Å². The van der Waals surface area contributed by atoms with Crippen LogP contribution in [-0.4, -0.2) is 31.3 Å². The van der Waals surface area contributed by atoms with Crippen molar-refractivity contribution in [2.24, 2.45) is 0 Å². The van der Waals surface area contributed by atoms with Gasteiger partial charge >= 0.3 is 0 Å². The van der Waals surface area contributed by atoms with E-state index in [-0.39, 0.29) is 16.9 Å². The number of rotatable bonds is 4. The maximum absolute atomic E-state index is 13.3. The van der Waals surface area contributed by atoms with Gasteiger partial charge in [0.15, 0.2) is 5.65 Å². The molecule has 0 amide bonds. The maximum Gasteiger partial charge on any atom is 0.263 e. The number of anilines is 1. The van der Waals surface area contributed by atoms with Crippen LogP contribution in [0, 0.1) is 5.82 Å². The molecule has 0 atom stereocenters. The summed E-state index contributed by atoms with van der Waals surface area (Å²) in [6, 6.07) is 4.70. The molecular formula is C19H21FN6O. The highest BCUT2D eigenvalue weighted by Gasteiger charge is 2.19. The predicted octanol–water partition coefficient (Wildman–Crippen LogP) is 3.15. The number of benzene rings is 1. The summed E-state index contributed by atoms with van der Waals surface area (Å²) in [4.78, 5) is 22.7. The summed E-state index contributed by atoms with van der Waals surface area (Å²) >= 11 is 0. The van der Waals surface area contributed by atoms with Crippen molar-refractivity contribution in [2.75, 3.05) is 11.9 Å². The Morgan fingerprint density at radius 1 is 1.26 bits per heavy atom. The maximum atomic E-state index is 13.3. The molecule has 0 saturated heterocycles. The van der Waals surface area contributed by atoms with E-state index in [0.29, 0.717) is 29.9 Å². The molecule has 0 aliphatic carbocycles. The molecule has 0 spiro atoms. The van der Waals surface area contributed by atoms with Gasteiger partial charge in [0.25, 0.3) is 5.56 Å². The standard InChI is InChI=1S/C19H21FN6O/c1-19(2,3)26-16-14(10-23-26)17(27)25-18(24-16)21-7-6-11-9-22-15-8-12(20)4-5-13(11)15/h4-5,8-10,22H,6-7H2,1-3H3,(H2,21,24,25,27). The van der Waals surface area contributed by atoms with Crippen molar-refractivity contribution in [3.8, 4) is 0 Å². The molecule has 1 aromatic carbocycles. The highest BCUT2D eigenvalue weighted by molar-refractivity contribution is 5.83. The summed E-state index contributed by atoms with van der Waals surface area (Å²) in [5.74, 6) is 0.143. The van der Waals surface area contributed by atoms with Crippen molar-refractivity contribution < 1.29 is 4.39 Å². The molecule has 0 bridgehead atoms. The molecular weight excluding hydrogens is 347 g/mol. The molecule has 0 aliphatic rings. The lowest BCUT2D eigenvalue weighted by atomic mass is 10.1. The Hall–Kier alpha value is -3.16. The molecule has 4 rings (SSSR count). The zero-order valence-corrected chi connectivity index (χ0v) is 15.4. The van der Waals surface area contributed by atoms with E-state index in [2.05, 4.69) is 25.4 Å². The zero-order valence-electron chi connectivity index (χ0n) is 15.4. The van der Waals surface area contributed by atoms with Gasteiger partial charge in [0, 0.05) is 23.6 Å². The largest absolute Gasteiger partial charge is 0.361 e. The number of fused-ring (bicyclic) bond motifs is 2. The van der Waals surface area contributed by atoms with E-state index in [4.69, 9.17) is 0 Å². The van der Waals surface area contributed by atoms with Gasteiger partial charge in [0.05, 0.1) is 11.7 Å². The van der Waals surface area contributed by atoms with Gasteiger partial charge in [-0.25, -0.2) is 9.07 Å². The Bertz CT molecular complexity index is 1180. The molecule has 3 aromatic heterocycles. The van der Waals surface area contributed by atoms with Crippen LogP contribution in [-0.2, 0) is 12.0 Å². The number of hydrogen-bond acceptors (Lipinski definition) is 4. The summed E-state index contributed by atoms with van der Waals surface area (Å²) in [5.41, 5.74) is 1.89. The molecule has 3 heterocycles. The first-order valence-corrected chi connectivity index (χ1v) is 8.81. The Morgan fingerprint density at radius 3 is 2.85 bits per heavy atom. The van der Waals surface area contributed by atoms with Gasteiger partial charge < -0.3 is 10.3 Å². The lowest BCUT2D eigenvalue weighted by Gasteiger charge is -2.19. The van der Waals surface area contributed by atoms with Gasteiger partial charge in [-0.2, -0.15) is 10.1 Å². The van der Waals surface area contributed by atoms with Gasteiger partial charge in [-0.15, -0.1) is 0 Å². The minimum atomic E-state index is -0.279. The van der Waals surface area contributed by atoms with Crippen LogP contribution < -0.4 is 10.9 Å². The van der Waals surface area contributed by atoms with Crippen molar-refractivity contribution in [3.63, 3.8) is 0 Å². The highest BCUT2D eigenvalue weighted by atomic mass is 19.1. The van der Waals surface area contributed by atoms with E-state index in [1.54, 1.807) is 16.9 Å². The summed E-state index contributed by atoms with van der Waals surface area (Å²) < 4.78 is 15.0. The van der Waals surface area contributed by atoms with Crippen LogP contribution in [0.4, 0.5) is 10.3 Å². The fraction of sp³-hybridized carbons (Fsp3) is 0.316. The van der Waals surface area contributed by atoms with E-state index in [0.717, 1.165) is 16.5 Å². The van der Waals surface area contributed by atoms with Crippen molar-refractivity contribution >= 4 is 27.9 Å². The third-order valence-electron chi connectivity index (χ3n) is 4.49. The minimum absolute atomic E-state index is 0.222. The second-order valence-electron chi connectivity index (χ2n) is 7.56. The van der Waals surface area contributed by atoms with Crippen LogP contribution in [0.2, 0.25) is 0 Å². The smallest absolute Gasteiger partial charge is 0.263 e. The molecule has 0 aliphatic heterocycles. The van der Waals surface area contributed by atoms with Crippen LogP contribution in [0.3, 0.4) is 0 Å². The average molecular weight is 368 g/mol. The molecule has 0 radical (unpaired) electrons. The summed E-state index contributed by atoms with van der Waals surface area (Å²) in [6.45, 7) is 6.60. The van der Waals surface area contributed by atoms with E-state index in [1.807, 2.05) is 27.0 Å². The van der Waals surface area contributed by atoms with Crippen molar-refractivity contribution in [1.82, 2.24) is 24.7 Å². The van der Waals surface area contributed by atoms with Crippen LogP contribution >= 0.6 is 0 Å². The number of nitrogens with one attached hydrogen (secondary N) is 3. The van der Waals surface area contributed by atoms with Gasteiger partial charge in [0.1, 0.15) is 11.2 Å². The molecule has 0 fully saturated rings. The van der Waals surface area contributed by atoms with E-state index >= 15 is 0 Å². The highest BCUT2D eigenvalue weighted by Crippen LogP contribution is 2.20. The van der Waals surface area contributed by atoms with E-state index in [1.165, 1.54) is 12.1 Å². The summed E-state index contributed by atoms with van der Waals surface area (Å²) in [7, 11) is 0. The lowest BCUT2D eigenvalue weighted by Crippen LogP contribution is -2.24. The van der Waals surface area contributed by atoms with Crippen molar-refractivity contribution in [3.05, 3.63) is 52.3 Å². The first-order chi connectivity index (χ1) is 12.8. The number of nitrogens with zero attached hydrogens (tertiary/aromatic N) is 3. The zero-order chi connectivity index (χ0) is 19.2. The second-order valence-corrected chi connectivity index (χ2v) is 7.56. The number of H-pyrrole nitrogens is 2. The summed E-state index contributed by atoms with van der Waals surface area (Å²) in [6.07, 6.45) is 4.12. The fourth-order valence-electron chi connectivity index (χ4n) is 3.17. The third kappa shape index (κ3) is 3.18. The molecule has 8 heteroatoms. The first kappa shape index (κ1) is 17.3. The van der Waals surface area contributed by atoms with Crippen LogP contribution in [0.25, 0.3) is 21.9 Å².